The number of carbonyl (C=O) groups is 2. The van der Waals surface area contributed by atoms with Crippen molar-refractivity contribution in [2.24, 2.45) is 0 Å². The highest BCUT2D eigenvalue weighted by Crippen LogP contribution is 2.47. The number of amides is 2. The molecule has 3 fully saturated rings. The van der Waals surface area contributed by atoms with Crippen LogP contribution in [-0.2, 0) is 19.6 Å². The number of benzene rings is 1. The average Bonchev–Trinajstić information content (AvgIpc) is 3.19. The molecule has 2 atom stereocenters. The highest BCUT2D eigenvalue weighted by atomic mass is 32.2. The van der Waals surface area contributed by atoms with Crippen LogP contribution in [0.3, 0.4) is 0 Å². The Balaban J connectivity index is 1.43. The van der Waals surface area contributed by atoms with Crippen LogP contribution in [0.5, 0.6) is 0 Å². The molecule has 3 heterocycles. The highest BCUT2D eigenvalue weighted by Gasteiger charge is 2.53. The fourth-order valence-corrected chi connectivity index (χ4v) is 7.01. The molecule has 3 aliphatic rings. The van der Waals surface area contributed by atoms with Crippen molar-refractivity contribution in [1.29, 1.82) is 0 Å². The Morgan fingerprint density at radius 1 is 1.17 bits per heavy atom. The van der Waals surface area contributed by atoms with Gasteiger partial charge in [-0.2, -0.15) is 4.31 Å². The van der Waals surface area contributed by atoms with Crippen molar-refractivity contribution in [1.82, 2.24) is 14.1 Å². The normalized spacial score (nSPS) is 28.1. The van der Waals surface area contributed by atoms with Gasteiger partial charge in [-0.15, -0.1) is 11.8 Å². The van der Waals surface area contributed by atoms with E-state index in [9.17, 15) is 26.8 Å². The summed E-state index contributed by atoms with van der Waals surface area (Å²) >= 11 is 1.61. The van der Waals surface area contributed by atoms with Crippen molar-refractivity contribution in [3.63, 3.8) is 0 Å². The number of carbonyl (C=O) groups excluding carboxylic acids is 2. The first-order chi connectivity index (χ1) is 13.6. The zero-order valence-electron chi connectivity index (χ0n) is 15.8. The third-order valence-electron chi connectivity index (χ3n) is 5.81. The minimum Gasteiger partial charge on any atom is -0.338 e. The number of piperazine rings is 1. The van der Waals surface area contributed by atoms with Gasteiger partial charge in [-0.3, -0.25) is 9.59 Å². The maximum atomic E-state index is 13.4. The van der Waals surface area contributed by atoms with Crippen LogP contribution in [0.15, 0.2) is 23.1 Å². The van der Waals surface area contributed by atoms with E-state index in [1.54, 1.807) is 21.6 Å². The zero-order chi connectivity index (χ0) is 21.0. The average molecular weight is 446 g/mol. The van der Waals surface area contributed by atoms with E-state index in [0.717, 1.165) is 22.9 Å². The van der Waals surface area contributed by atoms with Crippen molar-refractivity contribution in [2.75, 3.05) is 31.9 Å². The summed E-state index contributed by atoms with van der Waals surface area (Å²) in [6.07, 6.45) is 1.16. The van der Waals surface area contributed by atoms with Crippen molar-refractivity contribution in [3.05, 3.63) is 29.8 Å². The fourth-order valence-electron chi connectivity index (χ4n) is 4.15. The highest BCUT2D eigenvalue weighted by molar-refractivity contribution is 8.01. The third kappa shape index (κ3) is 3.42. The molecule has 3 aliphatic heterocycles. The second-order valence-corrected chi connectivity index (χ2v) is 11.0. The van der Waals surface area contributed by atoms with Crippen LogP contribution in [-0.4, -0.2) is 77.2 Å². The van der Waals surface area contributed by atoms with Crippen molar-refractivity contribution < 1.29 is 26.8 Å². The summed E-state index contributed by atoms with van der Waals surface area (Å²) in [5.74, 6) is -1.99. The van der Waals surface area contributed by atoms with E-state index in [1.807, 2.05) is 6.92 Å². The number of thioether (sulfide) groups is 1. The number of hydrogen-bond donors (Lipinski definition) is 0. The van der Waals surface area contributed by atoms with Gasteiger partial charge in [-0.1, -0.05) is 0 Å². The molecule has 1 aromatic carbocycles. The molecule has 1 aromatic rings. The van der Waals surface area contributed by atoms with Gasteiger partial charge < -0.3 is 9.80 Å². The van der Waals surface area contributed by atoms with Gasteiger partial charge in [-0.05, 0) is 31.5 Å². The van der Waals surface area contributed by atoms with E-state index in [-0.39, 0.29) is 47.8 Å². The smallest absolute Gasteiger partial charge is 0.246 e. The molecule has 4 rings (SSSR count). The minimum atomic E-state index is -3.98. The summed E-state index contributed by atoms with van der Waals surface area (Å²) in [5.41, 5.74) is 0. The SMILES string of the molecule is C[C@]12CCC(=O)N1[C@@H](C(=O)N1CCN(S(=O)(=O)c3ccc(F)c(F)c3)CC1)CS2. The Kier molecular flexibility index (Phi) is 5.11. The molecular weight excluding hydrogens is 424 g/mol. The first-order valence-electron chi connectivity index (χ1n) is 9.34. The lowest BCUT2D eigenvalue weighted by Gasteiger charge is -2.37. The van der Waals surface area contributed by atoms with Crippen molar-refractivity contribution in [3.8, 4) is 0 Å². The van der Waals surface area contributed by atoms with Gasteiger partial charge in [0.1, 0.15) is 6.04 Å². The van der Waals surface area contributed by atoms with Crippen LogP contribution in [0.4, 0.5) is 8.78 Å². The molecule has 158 valence electrons. The van der Waals surface area contributed by atoms with E-state index in [1.165, 1.54) is 0 Å². The van der Waals surface area contributed by atoms with Gasteiger partial charge in [-0.25, -0.2) is 17.2 Å². The fraction of sp³-hybridized carbons (Fsp3) is 0.556. The van der Waals surface area contributed by atoms with Crippen LogP contribution in [0.25, 0.3) is 0 Å². The van der Waals surface area contributed by atoms with Crippen LogP contribution < -0.4 is 0 Å². The predicted molar refractivity (Wildman–Crippen MR) is 102 cm³/mol. The van der Waals surface area contributed by atoms with Crippen LogP contribution in [0, 0.1) is 11.6 Å². The Morgan fingerprint density at radius 3 is 2.52 bits per heavy atom. The number of rotatable bonds is 3. The Morgan fingerprint density at radius 2 is 1.86 bits per heavy atom. The van der Waals surface area contributed by atoms with E-state index >= 15 is 0 Å². The lowest BCUT2D eigenvalue weighted by Crippen LogP contribution is -2.56. The van der Waals surface area contributed by atoms with Gasteiger partial charge in [0.15, 0.2) is 11.6 Å². The third-order valence-corrected chi connectivity index (χ3v) is 9.21. The molecular formula is C18H21F2N3O4S2. The van der Waals surface area contributed by atoms with Gasteiger partial charge in [0.2, 0.25) is 21.8 Å². The second kappa shape index (κ2) is 7.21. The van der Waals surface area contributed by atoms with Crippen molar-refractivity contribution >= 4 is 33.6 Å². The Labute approximate surface area is 172 Å². The molecule has 0 unspecified atom stereocenters. The first kappa shape index (κ1) is 20.5. The van der Waals surface area contributed by atoms with Crippen LogP contribution in [0.1, 0.15) is 19.8 Å². The van der Waals surface area contributed by atoms with Gasteiger partial charge >= 0.3 is 0 Å². The number of nitrogens with zero attached hydrogens (tertiary/aromatic N) is 3. The van der Waals surface area contributed by atoms with Crippen LogP contribution in [0.2, 0.25) is 0 Å². The molecule has 0 bridgehead atoms. The van der Waals surface area contributed by atoms with E-state index in [2.05, 4.69) is 0 Å². The maximum Gasteiger partial charge on any atom is 0.246 e. The van der Waals surface area contributed by atoms with E-state index < -0.39 is 27.7 Å². The van der Waals surface area contributed by atoms with Crippen molar-refractivity contribution in [2.45, 2.75) is 35.6 Å². The van der Waals surface area contributed by atoms with Gasteiger partial charge in [0.25, 0.3) is 0 Å². The summed E-state index contributed by atoms with van der Waals surface area (Å²) in [6, 6.07) is 1.96. The largest absolute Gasteiger partial charge is 0.338 e. The number of hydrogen-bond acceptors (Lipinski definition) is 5. The summed E-state index contributed by atoms with van der Waals surface area (Å²) < 4.78 is 53.1. The first-order valence-corrected chi connectivity index (χ1v) is 11.8. The molecule has 7 nitrogen and oxygen atoms in total. The number of fused-ring (bicyclic) bond motifs is 1. The molecule has 3 saturated heterocycles. The topological polar surface area (TPSA) is 78.0 Å². The molecule has 11 heteroatoms. The number of sulfonamides is 1. The molecule has 0 radical (unpaired) electrons. The molecule has 2 amide bonds. The Bertz CT molecular complexity index is 966. The molecule has 0 aromatic heterocycles. The molecule has 0 saturated carbocycles. The van der Waals surface area contributed by atoms with E-state index in [0.29, 0.717) is 18.2 Å². The minimum absolute atomic E-state index is 0.0181. The van der Waals surface area contributed by atoms with Crippen LogP contribution >= 0.6 is 11.8 Å². The van der Waals surface area contributed by atoms with Gasteiger partial charge in [0.05, 0.1) is 9.77 Å². The standard InChI is InChI=1S/C18H21F2N3O4S2/c1-18-5-4-16(24)23(18)15(11-28-18)17(25)21-6-8-22(9-7-21)29(26,27)12-2-3-13(19)14(20)10-12/h2-3,10,15H,4-9,11H2,1H3/t15-,18+/m1/s1. The summed E-state index contributed by atoms with van der Waals surface area (Å²) in [7, 11) is -3.98. The monoisotopic (exact) mass is 445 g/mol. The molecule has 29 heavy (non-hydrogen) atoms. The second-order valence-electron chi connectivity index (χ2n) is 7.57. The summed E-state index contributed by atoms with van der Waals surface area (Å²) in [6.45, 7) is 2.45. The van der Waals surface area contributed by atoms with Gasteiger partial charge in [0, 0.05) is 38.4 Å². The molecule has 0 N–H and O–H groups in total. The summed E-state index contributed by atoms with van der Waals surface area (Å²) in [4.78, 5) is 27.9. The zero-order valence-corrected chi connectivity index (χ0v) is 17.4. The summed E-state index contributed by atoms with van der Waals surface area (Å²) in [5, 5.41) is 0. The Hall–Kier alpha value is -1.72. The molecule has 0 aliphatic carbocycles. The van der Waals surface area contributed by atoms with E-state index in [4.69, 9.17) is 0 Å². The maximum absolute atomic E-state index is 13.4. The lowest BCUT2D eigenvalue weighted by atomic mass is 10.2. The quantitative estimate of drug-likeness (QED) is 0.700. The molecule has 0 spiro atoms. The lowest BCUT2D eigenvalue weighted by molar-refractivity contribution is -0.144. The predicted octanol–water partition coefficient (Wildman–Crippen LogP) is 1.25. The number of halogens is 2.